The molecule has 1 aromatic carbocycles. The zero-order chi connectivity index (χ0) is 13.8. The van der Waals surface area contributed by atoms with Crippen molar-refractivity contribution in [2.75, 3.05) is 0 Å². The van der Waals surface area contributed by atoms with Crippen LogP contribution in [0, 0.1) is 11.8 Å². The molecule has 0 atom stereocenters. The first kappa shape index (κ1) is 12.2. The Hall–Kier alpha value is -2.80. The Bertz CT molecular complexity index is 782. The third kappa shape index (κ3) is 2.62. The van der Waals surface area contributed by atoms with Gasteiger partial charge in [-0.05, 0) is 30.2 Å². The Morgan fingerprint density at radius 3 is 2.90 bits per heavy atom. The van der Waals surface area contributed by atoms with Crippen LogP contribution in [0.3, 0.4) is 0 Å². The average Bonchev–Trinajstić information content (AvgIpc) is 2.89. The van der Waals surface area contributed by atoms with E-state index >= 15 is 0 Å². The van der Waals surface area contributed by atoms with Gasteiger partial charge in [-0.1, -0.05) is 18.1 Å². The highest BCUT2D eigenvalue weighted by molar-refractivity contribution is 5.79. The Morgan fingerprint density at radius 1 is 1.15 bits per heavy atom. The Labute approximate surface area is 116 Å². The smallest absolute Gasteiger partial charge is 0.196 e. The topological polar surface area (TPSA) is 59.2 Å². The summed E-state index contributed by atoms with van der Waals surface area (Å²) in [4.78, 5) is 8.38. The lowest BCUT2D eigenvalue weighted by atomic mass is 10.3. The largest absolute Gasteiger partial charge is 0.506 e. The highest BCUT2D eigenvalue weighted by Gasteiger charge is 2.07. The van der Waals surface area contributed by atoms with Crippen LogP contribution in [0.5, 0.6) is 5.75 Å². The number of hydrogen-bond acceptors (Lipinski definition) is 4. The maximum Gasteiger partial charge on any atom is 0.196 e. The number of aryl methyl sites for hydroxylation is 1. The zero-order valence-electron chi connectivity index (χ0n) is 10.7. The van der Waals surface area contributed by atoms with Crippen molar-refractivity contribution in [2.45, 2.75) is 12.8 Å². The Kier molecular flexibility index (Phi) is 3.34. The molecule has 3 rings (SSSR count). The van der Waals surface area contributed by atoms with E-state index in [0.29, 0.717) is 29.8 Å². The molecule has 0 radical (unpaired) electrons. The number of phenolic OH excluding ortho intramolecular Hbond substituents is 1. The summed E-state index contributed by atoms with van der Waals surface area (Å²) >= 11 is 0. The van der Waals surface area contributed by atoms with Gasteiger partial charge in [0.05, 0.1) is 0 Å². The summed E-state index contributed by atoms with van der Waals surface area (Å²) in [5.41, 5.74) is 1.85. The summed E-state index contributed by atoms with van der Waals surface area (Å²) in [7, 11) is 0. The van der Waals surface area contributed by atoms with Crippen molar-refractivity contribution >= 4 is 11.1 Å². The van der Waals surface area contributed by atoms with E-state index in [1.165, 1.54) is 0 Å². The van der Waals surface area contributed by atoms with E-state index in [0.717, 1.165) is 5.69 Å². The molecule has 0 aliphatic carbocycles. The second kappa shape index (κ2) is 5.45. The molecule has 0 amide bonds. The molecule has 4 heteroatoms. The van der Waals surface area contributed by atoms with E-state index in [4.69, 9.17) is 4.42 Å². The van der Waals surface area contributed by atoms with Crippen LogP contribution < -0.4 is 0 Å². The predicted molar refractivity (Wildman–Crippen MR) is 75.1 cm³/mol. The minimum Gasteiger partial charge on any atom is -0.506 e. The molecule has 3 aromatic rings. The molecule has 0 aliphatic heterocycles. The van der Waals surface area contributed by atoms with Crippen molar-refractivity contribution in [1.82, 2.24) is 9.97 Å². The second-order valence-electron chi connectivity index (χ2n) is 4.25. The SMILES string of the molecule is Oc1cccc2oc(CCC#Cc3ccccn3)nc12. The third-order valence-electron chi connectivity index (χ3n) is 2.79. The third-order valence-corrected chi connectivity index (χ3v) is 2.79. The molecule has 0 spiro atoms. The van der Waals surface area contributed by atoms with Gasteiger partial charge in [-0.3, -0.25) is 0 Å². The van der Waals surface area contributed by atoms with Crippen LogP contribution in [0.2, 0.25) is 0 Å². The van der Waals surface area contributed by atoms with Crippen molar-refractivity contribution in [3.63, 3.8) is 0 Å². The summed E-state index contributed by atoms with van der Waals surface area (Å²) in [6.45, 7) is 0. The van der Waals surface area contributed by atoms with Crippen LogP contribution in [0.1, 0.15) is 18.0 Å². The van der Waals surface area contributed by atoms with Gasteiger partial charge in [0.25, 0.3) is 0 Å². The number of aromatic hydroxyl groups is 1. The Balaban J connectivity index is 1.69. The lowest BCUT2D eigenvalue weighted by Gasteiger charge is -1.88. The lowest BCUT2D eigenvalue weighted by Crippen LogP contribution is -1.83. The first-order valence-electron chi connectivity index (χ1n) is 6.30. The van der Waals surface area contributed by atoms with Crippen LogP contribution in [0.4, 0.5) is 0 Å². The van der Waals surface area contributed by atoms with Crippen molar-refractivity contribution in [3.05, 3.63) is 54.2 Å². The summed E-state index contributed by atoms with van der Waals surface area (Å²) in [6, 6.07) is 10.7. The van der Waals surface area contributed by atoms with Crippen LogP contribution >= 0.6 is 0 Å². The molecule has 0 saturated heterocycles. The quantitative estimate of drug-likeness (QED) is 0.723. The summed E-state index contributed by atoms with van der Waals surface area (Å²) in [5.74, 6) is 6.73. The Morgan fingerprint density at radius 2 is 2.10 bits per heavy atom. The molecule has 98 valence electrons. The predicted octanol–water partition coefficient (Wildman–Crippen LogP) is 2.91. The van der Waals surface area contributed by atoms with E-state index < -0.39 is 0 Å². The van der Waals surface area contributed by atoms with E-state index in [9.17, 15) is 5.11 Å². The second-order valence-corrected chi connectivity index (χ2v) is 4.25. The molecule has 0 bridgehead atoms. The van der Waals surface area contributed by atoms with Crippen LogP contribution in [-0.4, -0.2) is 15.1 Å². The average molecular weight is 264 g/mol. The van der Waals surface area contributed by atoms with Gasteiger partial charge in [0.15, 0.2) is 17.0 Å². The monoisotopic (exact) mass is 264 g/mol. The summed E-state index contributed by atoms with van der Waals surface area (Å²) in [6.07, 6.45) is 2.95. The first-order chi connectivity index (χ1) is 9.83. The molecule has 0 aliphatic rings. The number of aromatic nitrogens is 2. The molecule has 0 fully saturated rings. The maximum absolute atomic E-state index is 9.65. The summed E-state index contributed by atoms with van der Waals surface area (Å²) in [5, 5.41) is 9.65. The van der Waals surface area contributed by atoms with E-state index in [1.54, 1.807) is 24.4 Å². The van der Waals surface area contributed by atoms with Gasteiger partial charge in [-0.15, -0.1) is 0 Å². The van der Waals surface area contributed by atoms with Crippen LogP contribution in [0.15, 0.2) is 47.0 Å². The van der Waals surface area contributed by atoms with Crippen LogP contribution in [-0.2, 0) is 6.42 Å². The van der Waals surface area contributed by atoms with Gasteiger partial charge >= 0.3 is 0 Å². The molecule has 2 heterocycles. The van der Waals surface area contributed by atoms with E-state index in [-0.39, 0.29) is 5.75 Å². The van der Waals surface area contributed by atoms with Crippen molar-refractivity contribution in [3.8, 4) is 17.6 Å². The van der Waals surface area contributed by atoms with Gasteiger partial charge in [-0.25, -0.2) is 9.97 Å². The highest BCUT2D eigenvalue weighted by atomic mass is 16.3. The minimum atomic E-state index is 0.136. The highest BCUT2D eigenvalue weighted by Crippen LogP contribution is 2.24. The van der Waals surface area contributed by atoms with Gasteiger partial charge < -0.3 is 9.52 Å². The molecule has 2 aromatic heterocycles. The molecule has 0 saturated carbocycles. The standard InChI is InChI=1S/C16H12N2O2/c19-13-8-5-9-14-16(13)18-15(20-14)10-2-1-6-12-7-3-4-11-17-12/h3-5,7-9,11,19H,2,10H2. The maximum atomic E-state index is 9.65. The number of phenols is 1. The fourth-order valence-corrected chi connectivity index (χ4v) is 1.85. The lowest BCUT2D eigenvalue weighted by molar-refractivity contribution is 0.480. The van der Waals surface area contributed by atoms with Crippen molar-refractivity contribution in [1.29, 1.82) is 0 Å². The van der Waals surface area contributed by atoms with Gasteiger partial charge in [0, 0.05) is 19.0 Å². The number of benzene rings is 1. The normalized spacial score (nSPS) is 10.2. The molecule has 0 unspecified atom stereocenters. The van der Waals surface area contributed by atoms with Gasteiger partial charge in [-0.2, -0.15) is 0 Å². The van der Waals surface area contributed by atoms with Crippen LogP contribution in [0.25, 0.3) is 11.1 Å². The molecule has 1 N–H and O–H groups in total. The number of fused-ring (bicyclic) bond motifs is 1. The number of rotatable bonds is 2. The number of para-hydroxylation sites is 1. The molecular formula is C16H12N2O2. The zero-order valence-corrected chi connectivity index (χ0v) is 10.7. The van der Waals surface area contributed by atoms with E-state index in [1.807, 2.05) is 18.2 Å². The van der Waals surface area contributed by atoms with E-state index in [2.05, 4.69) is 21.8 Å². The molecular weight excluding hydrogens is 252 g/mol. The number of oxazole rings is 1. The number of nitrogens with zero attached hydrogens (tertiary/aromatic N) is 2. The number of hydrogen-bond donors (Lipinski definition) is 1. The fraction of sp³-hybridized carbons (Fsp3) is 0.125. The fourth-order valence-electron chi connectivity index (χ4n) is 1.85. The van der Waals surface area contributed by atoms with Crippen molar-refractivity contribution < 1.29 is 9.52 Å². The minimum absolute atomic E-state index is 0.136. The van der Waals surface area contributed by atoms with Gasteiger partial charge in [0.1, 0.15) is 11.4 Å². The van der Waals surface area contributed by atoms with Crippen molar-refractivity contribution in [2.24, 2.45) is 0 Å². The van der Waals surface area contributed by atoms with Gasteiger partial charge in [0.2, 0.25) is 0 Å². The molecule has 4 nitrogen and oxygen atoms in total. The molecule has 20 heavy (non-hydrogen) atoms. The summed E-state index contributed by atoms with van der Waals surface area (Å²) < 4.78 is 5.55. The first-order valence-corrected chi connectivity index (χ1v) is 6.30. The number of pyridine rings is 1.